The third-order valence-corrected chi connectivity index (χ3v) is 5.70. The Morgan fingerprint density at radius 2 is 1.64 bits per heavy atom. The molecule has 2 N–H and O–H groups in total. The number of benzene rings is 2. The van der Waals surface area contributed by atoms with E-state index >= 15 is 0 Å². The van der Waals surface area contributed by atoms with E-state index in [2.05, 4.69) is 22.8 Å². The third kappa shape index (κ3) is 4.61. The number of hydrogen-bond acceptors (Lipinski definition) is 2. The van der Waals surface area contributed by atoms with Crippen LogP contribution in [0.5, 0.6) is 0 Å². The van der Waals surface area contributed by atoms with Gasteiger partial charge in [-0.1, -0.05) is 68.8 Å². The summed E-state index contributed by atoms with van der Waals surface area (Å²) in [4.78, 5) is 25.8. The lowest BCUT2D eigenvalue weighted by molar-refractivity contribution is -0.124. The molecule has 0 spiro atoms. The Hall–Kier alpha value is -2.62. The fourth-order valence-corrected chi connectivity index (χ4v) is 4.09. The number of nitrogens with one attached hydrogen (secondary N) is 2. The molecule has 0 heterocycles. The maximum atomic E-state index is 13.0. The maximum absolute atomic E-state index is 13.0. The van der Waals surface area contributed by atoms with Gasteiger partial charge in [0.25, 0.3) is 5.91 Å². The average molecular weight is 379 g/mol. The zero-order valence-corrected chi connectivity index (χ0v) is 16.9. The second-order valence-corrected chi connectivity index (χ2v) is 8.07. The average Bonchev–Trinajstić information content (AvgIpc) is 3.14. The second kappa shape index (κ2) is 9.05. The summed E-state index contributed by atoms with van der Waals surface area (Å²) in [5, 5.41) is 6.18. The molecule has 4 heteroatoms. The van der Waals surface area contributed by atoms with Gasteiger partial charge in [0, 0.05) is 17.5 Å². The maximum Gasteiger partial charge on any atom is 0.252 e. The number of amides is 2. The van der Waals surface area contributed by atoms with Crippen LogP contribution >= 0.6 is 0 Å². The molecule has 3 atom stereocenters. The molecule has 148 valence electrons. The summed E-state index contributed by atoms with van der Waals surface area (Å²) in [5.41, 5.74) is 2.79. The molecule has 1 aliphatic rings. The normalized spacial score (nSPS) is 20.0. The Morgan fingerprint density at radius 3 is 2.32 bits per heavy atom. The van der Waals surface area contributed by atoms with Crippen molar-refractivity contribution in [3.05, 3.63) is 71.3 Å². The van der Waals surface area contributed by atoms with E-state index in [1.165, 1.54) is 5.56 Å². The SMILES string of the molecule is Cc1ccccc1C(=O)NC(C(=O)N[C@@H]1CCC[C@H]1c1ccccc1)C(C)C. The van der Waals surface area contributed by atoms with Crippen molar-refractivity contribution in [2.45, 2.75) is 58.0 Å². The molecule has 0 bridgehead atoms. The summed E-state index contributed by atoms with van der Waals surface area (Å²) in [7, 11) is 0. The highest BCUT2D eigenvalue weighted by Gasteiger charge is 2.33. The molecule has 3 rings (SSSR count). The van der Waals surface area contributed by atoms with E-state index in [4.69, 9.17) is 0 Å². The lowest BCUT2D eigenvalue weighted by atomic mass is 9.93. The van der Waals surface area contributed by atoms with E-state index in [1.807, 2.05) is 57.2 Å². The molecule has 2 aromatic carbocycles. The Balaban J connectivity index is 1.69. The van der Waals surface area contributed by atoms with E-state index in [-0.39, 0.29) is 23.8 Å². The standard InChI is InChI=1S/C24H30N2O2/c1-16(2)22(26-23(27)19-13-8-7-10-17(19)3)24(28)25-21-15-9-14-20(21)18-11-5-4-6-12-18/h4-8,10-13,16,20-22H,9,14-15H2,1-3H3,(H,25,28)(H,26,27)/t20-,21+,22?/m0/s1. The quantitative estimate of drug-likeness (QED) is 0.791. The highest BCUT2D eigenvalue weighted by Crippen LogP contribution is 2.34. The lowest BCUT2D eigenvalue weighted by Crippen LogP contribution is -2.52. The van der Waals surface area contributed by atoms with Crippen LogP contribution in [0.15, 0.2) is 54.6 Å². The van der Waals surface area contributed by atoms with E-state index < -0.39 is 6.04 Å². The molecule has 0 radical (unpaired) electrons. The van der Waals surface area contributed by atoms with Gasteiger partial charge >= 0.3 is 0 Å². The summed E-state index contributed by atoms with van der Waals surface area (Å²) < 4.78 is 0. The van der Waals surface area contributed by atoms with Crippen LogP contribution in [0.2, 0.25) is 0 Å². The smallest absolute Gasteiger partial charge is 0.252 e. The largest absolute Gasteiger partial charge is 0.351 e. The molecular formula is C24H30N2O2. The molecular weight excluding hydrogens is 348 g/mol. The summed E-state index contributed by atoms with van der Waals surface area (Å²) in [6.07, 6.45) is 3.16. The van der Waals surface area contributed by atoms with Crippen molar-refractivity contribution >= 4 is 11.8 Å². The molecule has 4 nitrogen and oxygen atoms in total. The molecule has 0 saturated heterocycles. The molecule has 1 fully saturated rings. The van der Waals surface area contributed by atoms with E-state index in [9.17, 15) is 9.59 Å². The van der Waals surface area contributed by atoms with Gasteiger partial charge in [0.05, 0.1) is 0 Å². The Labute approximate surface area is 167 Å². The monoisotopic (exact) mass is 378 g/mol. The molecule has 28 heavy (non-hydrogen) atoms. The topological polar surface area (TPSA) is 58.2 Å². The van der Waals surface area contributed by atoms with Gasteiger partial charge in [-0.05, 0) is 42.9 Å². The number of carbonyl (C=O) groups excluding carboxylic acids is 2. The van der Waals surface area contributed by atoms with E-state index in [1.54, 1.807) is 6.07 Å². The second-order valence-electron chi connectivity index (χ2n) is 8.07. The number of rotatable bonds is 6. The summed E-state index contributed by atoms with van der Waals surface area (Å²) in [6, 6.07) is 17.4. The van der Waals surface area contributed by atoms with Crippen LogP contribution in [0.4, 0.5) is 0 Å². The lowest BCUT2D eigenvalue weighted by Gasteiger charge is -2.27. The van der Waals surface area contributed by atoms with Gasteiger partial charge in [-0.3, -0.25) is 9.59 Å². The fourth-order valence-electron chi connectivity index (χ4n) is 4.09. The number of hydrogen-bond donors (Lipinski definition) is 2. The van der Waals surface area contributed by atoms with E-state index in [0.29, 0.717) is 11.5 Å². The van der Waals surface area contributed by atoms with Crippen LogP contribution in [0.3, 0.4) is 0 Å². The van der Waals surface area contributed by atoms with Crippen molar-refractivity contribution in [2.24, 2.45) is 5.92 Å². The van der Waals surface area contributed by atoms with Crippen LogP contribution in [0.1, 0.15) is 60.5 Å². The minimum atomic E-state index is -0.552. The third-order valence-electron chi connectivity index (χ3n) is 5.70. The van der Waals surface area contributed by atoms with Crippen molar-refractivity contribution in [3.63, 3.8) is 0 Å². The van der Waals surface area contributed by atoms with Crippen molar-refractivity contribution in [1.29, 1.82) is 0 Å². The molecule has 2 aromatic rings. The highest BCUT2D eigenvalue weighted by atomic mass is 16.2. The van der Waals surface area contributed by atoms with Gasteiger partial charge in [-0.2, -0.15) is 0 Å². The Morgan fingerprint density at radius 1 is 0.964 bits per heavy atom. The first-order valence-corrected chi connectivity index (χ1v) is 10.2. The van der Waals surface area contributed by atoms with Crippen LogP contribution in [-0.2, 0) is 4.79 Å². The van der Waals surface area contributed by atoms with Gasteiger partial charge < -0.3 is 10.6 Å². The van der Waals surface area contributed by atoms with Crippen LogP contribution in [-0.4, -0.2) is 23.9 Å². The van der Waals surface area contributed by atoms with Crippen LogP contribution in [0, 0.1) is 12.8 Å². The molecule has 1 saturated carbocycles. The first-order valence-electron chi connectivity index (χ1n) is 10.2. The predicted octanol–water partition coefficient (Wildman–Crippen LogP) is 4.20. The van der Waals surface area contributed by atoms with Crippen LogP contribution in [0.25, 0.3) is 0 Å². The predicted molar refractivity (Wildman–Crippen MR) is 112 cm³/mol. The highest BCUT2D eigenvalue weighted by molar-refractivity contribution is 5.98. The zero-order chi connectivity index (χ0) is 20.1. The Kier molecular flexibility index (Phi) is 6.50. The molecule has 1 aliphatic carbocycles. The van der Waals surface area contributed by atoms with Gasteiger partial charge in [0.15, 0.2) is 0 Å². The number of aryl methyl sites for hydroxylation is 1. The first kappa shape index (κ1) is 20.1. The molecule has 2 amide bonds. The molecule has 0 aromatic heterocycles. The Bertz CT molecular complexity index is 816. The zero-order valence-electron chi connectivity index (χ0n) is 16.9. The van der Waals surface area contributed by atoms with Crippen LogP contribution < -0.4 is 10.6 Å². The fraction of sp³-hybridized carbons (Fsp3) is 0.417. The van der Waals surface area contributed by atoms with Gasteiger partial charge in [-0.15, -0.1) is 0 Å². The van der Waals surface area contributed by atoms with Gasteiger partial charge in [0.1, 0.15) is 6.04 Å². The summed E-state index contributed by atoms with van der Waals surface area (Å²) in [6.45, 7) is 5.83. The molecule has 1 unspecified atom stereocenters. The number of carbonyl (C=O) groups is 2. The molecule has 0 aliphatic heterocycles. The summed E-state index contributed by atoms with van der Waals surface area (Å²) >= 11 is 0. The minimum Gasteiger partial charge on any atom is -0.351 e. The van der Waals surface area contributed by atoms with E-state index in [0.717, 1.165) is 24.8 Å². The van der Waals surface area contributed by atoms with Crippen molar-refractivity contribution in [1.82, 2.24) is 10.6 Å². The van der Waals surface area contributed by atoms with Gasteiger partial charge in [0.2, 0.25) is 5.91 Å². The van der Waals surface area contributed by atoms with Gasteiger partial charge in [-0.25, -0.2) is 0 Å². The first-order chi connectivity index (χ1) is 13.5. The van der Waals surface area contributed by atoms with Crippen molar-refractivity contribution in [3.8, 4) is 0 Å². The summed E-state index contributed by atoms with van der Waals surface area (Å²) in [5.74, 6) is 0.0531. The van der Waals surface area contributed by atoms with Crippen molar-refractivity contribution in [2.75, 3.05) is 0 Å². The minimum absolute atomic E-state index is 0.00421. The van der Waals surface area contributed by atoms with Crippen molar-refractivity contribution < 1.29 is 9.59 Å².